The standard InChI is InChI=1S/C9H15BrN4O2S/c1-6(7-4-5-7)14(3)17(15,16)9-8(10)11-12-13(9)2/h6-7H,4-5H2,1-3H3. The fraction of sp³-hybridized carbons (Fsp3) is 0.778. The van der Waals surface area contributed by atoms with E-state index in [1.807, 2.05) is 6.92 Å². The summed E-state index contributed by atoms with van der Waals surface area (Å²) >= 11 is 3.12. The van der Waals surface area contributed by atoms with Gasteiger partial charge in [0.2, 0.25) is 5.03 Å². The van der Waals surface area contributed by atoms with Gasteiger partial charge in [-0.1, -0.05) is 5.21 Å². The lowest BCUT2D eigenvalue weighted by molar-refractivity contribution is 0.353. The molecule has 0 saturated heterocycles. The molecule has 0 radical (unpaired) electrons. The summed E-state index contributed by atoms with van der Waals surface area (Å²) < 4.78 is 27.8. The van der Waals surface area contributed by atoms with Crippen LogP contribution in [0.15, 0.2) is 9.63 Å². The average molecular weight is 323 g/mol. The van der Waals surface area contributed by atoms with Crippen LogP contribution in [0.5, 0.6) is 0 Å². The summed E-state index contributed by atoms with van der Waals surface area (Å²) in [6.45, 7) is 1.94. The van der Waals surface area contributed by atoms with Crippen LogP contribution in [0.25, 0.3) is 0 Å². The quantitative estimate of drug-likeness (QED) is 0.829. The minimum Gasteiger partial charge on any atom is -0.235 e. The van der Waals surface area contributed by atoms with Crippen molar-refractivity contribution in [3.63, 3.8) is 0 Å². The molecule has 1 aliphatic carbocycles. The molecule has 1 aromatic rings. The molecule has 8 heteroatoms. The second-order valence-corrected chi connectivity index (χ2v) is 7.07. The first-order valence-electron chi connectivity index (χ1n) is 5.39. The summed E-state index contributed by atoms with van der Waals surface area (Å²) in [5, 5.41) is 7.51. The van der Waals surface area contributed by atoms with Crippen LogP contribution < -0.4 is 0 Å². The van der Waals surface area contributed by atoms with Gasteiger partial charge in [-0.3, -0.25) is 0 Å². The number of halogens is 1. The zero-order valence-electron chi connectivity index (χ0n) is 9.96. The topological polar surface area (TPSA) is 68.1 Å². The number of hydrogen-bond acceptors (Lipinski definition) is 4. The molecule has 17 heavy (non-hydrogen) atoms. The van der Waals surface area contributed by atoms with E-state index in [1.54, 1.807) is 14.1 Å². The molecule has 0 aliphatic heterocycles. The second-order valence-electron chi connectivity index (χ2n) is 4.41. The molecule has 0 bridgehead atoms. The summed E-state index contributed by atoms with van der Waals surface area (Å²) in [6, 6.07) is 0.0156. The third kappa shape index (κ3) is 2.25. The Hall–Kier alpha value is -0.470. The van der Waals surface area contributed by atoms with Crippen LogP contribution in [0.4, 0.5) is 0 Å². The van der Waals surface area contributed by atoms with E-state index in [4.69, 9.17) is 0 Å². The smallest absolute Gasteiger partial charge is 0.235 e. The molecule has 0 aromatic carbocycles. The first-order chi connectivity index (χ1) is 7.85. The maximum absolute atomic E-state index is 12.4. The second kappa shape index (κ2) is 4.33. The lowest BCUT2D eigenvalue weighted by Crippen LogP contribution is -2.37. The highest BCUT2D eigenvalue weighted by atomic mass is 79.9. The molecule has 1 saturated carbocycles. The molecular formula is C9H15BrN4O2S. The summed E-state index contributed by atoms with van der Waals surface area (Å²) in [4.78, 5) is 0. The maximum atomic E-state index is 12.4. The minimum atomic E-state index is -3.54. The average Bonchev–Trinajstić information content (AvgIpc) is 3.03. The van der Waals surface area contributed by atoms with Crippen LogP contribution in [-0.2, 0) is 17.1 Å². The van der Waals surface area contributed by atoms with Gasteiger partial charge in [-0.25, -0.2) is 13.1 Å². The monoisotopic (exact) mass is 322 g/mol. The Morgan fingerprint density at radius 2 is 2.12 bits per heavy atom. The Kier molecular flexibility index (Phi) is 3.30. The molecule has 1 unspecified atom stereocenters. The largest absolute Gasteiger partial charge is 0.263 e. The third-order valence-electron chi connectivity index (χ3n) is 3.24. The van der Waals surface area contributed by atoms with Crippen LogP contribution in [0.1, 0.15) is 19.8 Å². The van der Waals surface area contributed by atoms with Gasteiger partial charge in [0.05, 0.1) is 0 Å². The third-order valence-corrected chi connectivity index (χ3v) is 6.07. The molecule has 1 aliphatic rings. The van der Waals surface area contributed by atoms with Crippen molar-refractivity contribution in [3.8, 4) is 0 Å². The minimum absolute atomic E-state index is 0.0156. The van der Waals surface area contributed by atoms with Crippen molar-refractivity contribution in [2.45, 2.75) is 30.8 Å². The number of sulfonamides is 1. The van der Waals surface area contributed by atoms with Crippen molar-refractivity contribution in [2.24, 2.45) is 13.0 Å². The molecule has 6 nitrogen and oxygen atoms in total. The number of rotatable bonds is 4. The first kappa shape index (κ1) is 13.0. The van der Waals surface area contributed by atoms with Crippen molar-refractivity contribution in [1.29, 1.82) is 0 Å². The predicted molar refractivity (Wildman–Crippen MR) is 65.8 cm³/mol. The molecule has 0 N–H and O–H groups in total. The van der Waals surface area contributed by atoms with E-state index in [2.05, 4.69) is 26.2 Å². The van der Waals surface area contributed by atoms with Gasteiger partial charge in [0.1, 0.15) is 0 Å². The Morgan fingerprint density at radius 3 is 2.53 bits per heavy atom. The van der Waals surface area contributed by atoms with Crippen LogP contribution in [0.3, 0.4) is 0 Å². The summed E-state index contributed by atoms with van der Waals surface area (Å²) in [5.41, 5.74) is 0. The van der Waals surface area contributed by atoms with Gasteiger partial charge in [0.15, 0.2) is 4.60 Å². The molecule has 0 amide bonds. The van der Waals surface area contributed by atoms with E-state index in [1.165, 1.54) is 8.99 Å². The van der Waals surface area contributed by atoms with Gasteiger partial charge in [0, 0.05) is 20.1 Å². The Balaban J connectivity index is 2.35. The summed E-state index contributed by atoms with van der Waals surface area (Å²) in [7, 11) is -0.358. The molecule has 0 spiro atoms. The Labute approximate surface area is 109 Å². The van der Waals surface area contributed by atoms with E-state index < -0.39 is 10.0 Å². The lowest BCUT2D eigenvalue weighted by atomic mass is 10.2. The van der Waals surface area contributed by atoms with Gasteiger partial charge < -0.3 is 0 Å². The van der Waals surface area contributed by atoms with Gasteiger partial charge in [-0.05, 0) is 41.6 Å². The van der Waals surface area contributed by atoms with Crippen LogP contribution in [0, 0.1) is 5.92 Å². The lowest BCUT2D eigenvalue weighted by Gasteiger charge is -2.23. The SMILES string of the molecule is CC(C1CC1)N(C)S(=O)(=O)c1c(Br)nnn1C. The van der Waals surface area contributed by atoms with Crippen molar-refractivity contribution in [3.05, 3.63) is 4.60 Å². The number of nitrogens with zero attached hydrogens (tertiary/aromatic N) is 4. The Morgan fingerprint density at radius 1 is 1.53 bits per heavy atom. The van der Waals surface area contributed by atoms with Gasteiger partial charge in [0.25, 0.3) is 10.0 Å². The van der Waals surface area contributed by atoms with Gasteiger partial charge in [-0.2, -0.15) is 4.31 Å². The van der Waals surface area contributed by atoms with Crippen molar-refractivity contribution in [2.75, 3.05) is 7.05 Å². The molecule has 96 valence electrons. The van der Waals surface area contributed by atoms with E-state index >= 15 is 0 Å². The van der Waals surface area contributed by atoms with E-state index in [0.29, 0.717) is 5.92 Å². The van der Waals surface area contributed by atoms with Gasteiger partial charge >= 0.3 is 0 Å². The maximum Gasteiger partial charge on any atom is 0.263 e. The van der Waals surface area contributed by atoms with E-state index in [9.17, 15) is 8.42 Å². The zero-order chi connectivity index (χ0) is 12.8. The van der Waals surface area contributed by atoms with Crippen LogP contribution in [0.2, 0.25) is 0 Å². The van der Waals surface area contributed by atoms with E-state index in [0.717, 1.165) is 12.8 Å². The molecule has 1 fully saturated rings. The van der Waals surface area contributed by atoms with Crippen molar-refractivity contribution < 1.29 is 8.42 Å². The Bertz CT molecular complexity index is 504. The highest BCUT2D eigenvalue weighted by molar-refractivity contribution is 9.10. The number of aryl methyl sites for hydroxylation is 1. The molecule has 1 aromatic heterocycles. The van der Waals surface area contributed by atoms with E-state index in [-0.39, 0.29) is 15.7 Å². The van der Waals surface area contributed by atoms with Crippen LogP contribution >= 0.6 is 15.9 Å². The highest BCUT2D eigenvalue weighted by Gasteiger charge is 2.38. The summed E-state index contributed by atoms with van der Waals surface area (Å²) in [6.07, 6.45) is 2.21. The fourth-order valence-electron chi connectivity index (χ4n) is 1.83. The van der Waals surface area contributed by atoms with Crippen LogP contribution in [-0.4, -0.2) is 40.8 Å². The van der Waals surface area contributed by atoms with Crippen molar-refractivity contribution >= 4 is 26.0 Å². The normalized spacial score (nSPS) is 18.6. The number of hydrogen-bond donors (Lipinski definition) is 0. The highest BCUT2D eigenvalue weighted by Crippen LogP contribution is 2.36. The number of aromatic nitrogens is 3. The van der Waals surface area contributed by atoms with Gasteiger partial charge in [-0.15, -0.1) is 5.10 Å². The van der Waals surface area contributed by atoms with Crippen molar-refractivity contribution in [1.82, 2.24) is 19.3 Å². The fourth-order valence-corrected chi connectivity index (χ4v) is 4.28. The predicted octanol–water partition coefficient (Wildman–Crippen LogP) is 0.997. The molecular weight excluding hydrogens is 308 g/mol. The molecule has 2 rings (SSSR count). The first-order valence-corrected chi connectivity index (χ1v) is 7.62. The molecule has 1 heterocycles. The summed E-state index contributed by atoms with van der Waals surface area (Å²) in [5.74, 6) is 0.481. The molecule has 1 atom stereocenters. The zero-order valence-corrected chi connectivity index (χ0v) is 12.4.